The molecule has 0 aliphatic carbocycles. The zero-order valence-electron chi connectivity index (χ0n) is 13.1. The van der Waals surface area contributed by atoms with E-state index in [2.05, 4.69) is 51.7 Å². The van der Waals surface area contributed by atoms with Gasteiger partial charge in [-0.3, -0.25) is 4.79 Å². The maximum absolute atomic E-state index is 12.9. The third kappa shape index (κ3) is 2.75. The maximum Gasteiger partial charge on any atom is 0.289 e. The smallest absolute Gasteiger partial charge is 0.289 e. The number of halogens is 1. The number of carbonyl (C=O) groups excluding carboxylic acids is 1. The first kappa shape index (κ1) is 15.4. The Morgan fingerprint density at radius 1 is 1.27 bits per heavy atom. The highest BCUT2D eigenvalue weighted by Crippen LogP contribution is 2.24. The lowest BCUT2D eigenvalue weighted by molar-refractivity contribution is 0.0646. The number of amides is 1. The van der Waals surface area contributed by atoms with Crippen molar-refractivity contribution in [2.75, 3.05) is 33.2 Å². The van der Waals surface area contributed by atoms with Gasteiger partial charge in [0.05, 0.1) is 11.7 Å². The van der Waals surface area contributed by atoms with Crippen molar-refractivity contribution in [3.05, 3.63) is 22.7 Å². The molecule has 0 atom stereocenters. The minimum Gasteiger partial charge on any atom is -0.333 e. The summed E-state index contributed by atoms with van der Waals surface area (Å²) >= 11 is 3.39. The molecule has 0 spiro atoms. The average Bonchev–Trinajstić information content (AvgIpc) is 2.85. The number of fused-ring (bicyclic) bond motifs is 1. The van der Waals surface area contributed by atoms with Gasteiger partial charge in [-0.15, -0.1) is 0 Å². The average molecular weight is 366 g/mol. The summed E-state index contributed by atoms with van der Waals surface area (Å²) in [5, 5.41) is 0. The van der Waals surface area contributed by atoms with Crippen molar-refractivity contribution in [3.8, 4) is 0 Å². The monoisotopic (exact) mass is 365 g/mol. The zero-order chi connectivity index (χ0) is 15.9. The summed E-state index contributed by atoms with van der Waals surface area (Å²) in [6.07, 6.45) is 1.71. The van der Waals surface area contributed by atoms with Crippen LogP contribution in [0.4, 0.5) is 0 Å². The van der Waals surface area contributed by atoms with Crippen LogP contribution in [0, 0.1) is 0 Å². The summed E-state index contributed by atoms with van der Waals surface area (Å²) in [7, 11) is 2.08. The van der Waals surface area contributed by atoms with Crippen LogP contribution >= 0.6 is 15.9 Å². The van der Waals surface area contributed by atoms with Crippen molar-refractivity contribution < 1.29 is 4.79 Å². The van der Waals surface area contributed by atoms with E-state index in [4.69, 9.17) is 0 Å². The van der Waals surface area contributed by atoms with Gasteiger partial charge in [0.2, 0.25) is 5.82 Å². The minimum atomic E-state index is 0.00845. The maximum atomic E-state index is 12.9. The molecular weight excluding hydrogens is 346 g/mol. The molecule has 1 aliphatic rings. The molecule has 0 radical (unpaired) electrons. The number of hydrogen-bond acceptors (Lipinski definition) is 4. The van der Waals surface area contributed by atoms with E-state index in [9.17, 15) is 4.79 Å². The first-order valence-electron chi connectivity index (χ1n) is 7.48. The number of aromatic nitrogens is 3. The first-order chi connectivity index (χ1) is 10.5. The molecular formula is C15H20BrN5O. The summed E-state index contributed by atoms with van der Waals surface area (Å²) in [6, 6.07) is 2.08. The Bertz CT molecular complexity index is 703. The lowest BCUT2D eigenvalue weighted by atomic mass is 10.3. The first-order valence-corrected chi connectivity index (χ1v) is 8.28. The molecule has 3 heterocycles. The van der Waals surface area contributed by atoms with Crippen LogP contribution in [0.5, 0.6) is 0 Å². The van der Waals surface area contributed by atoms with Crippen LogP contribution in [0.3, 0.4) is 0 Å². The Morgan fingerprint density at radius 3 is 2.59 bits per heavy atom. The number of nitrogens with zero attached hydrogens (tertiary/aromatic N) is 5. The van der Waals surface area contributed by atoms with Gasteiger partial charge in [-0.05, 0) is 42.9 Å². The molecule has 1 fully saturated rings. The third-order valence-electron chi connectivity index (χ3n) is 4.04. The van der Waals surface area contributed by atoms with Gasteiger partial charge in [0.15, 0.2) is 0 Å². The summed E-state index contributed by atoms with van der Waals surface area (Å²) in [5.41, 5.74) is 1.70. The van der Waals surface area contributed by atoms with Crippen LogP contribution in [0.2, 0.25) is 0 Å². The second kappa shape index (κ2) is 5.96. The van der Waals surface area contributed by atoms with Crippen molar-refractivity contribution in [1.82, 2.24) is 24.3 Å². The van der Waals surface area contributed by atoms with Crippen LogP contribution in [0.1, 0.15) is 30.5 Å². The third-order valence-corrected chi connectivity index (χ3v) is 4.47. The number of carbonyl (C=O) groups is 1. The highest BCUT2D eigenvalue weighted by atomic mass is 79.9. The predicted octanol–water partition coefficient (Wildman–Crippen LogP) is 2.16. The molecule has 0 N–H and O–H groups in total. The van der Waals surface area contributed by atoms with Crippen molar-refractivity contribution in [2.24, 2.45) is 0 Å². The van der Waals surface area contributed by atoms with Gasteiger partial charge < -0.3 is 14.4 Å². The van der Waals surface area contributed by atoms with Crippen molar-refractivity contribution in [1.29, 1.82) is 0 Å². The molecule has 1 aliphatic heterocycles. The standard InChI is InChI=1S/C15H20BrN5O/c1-10(2)21-12-8-13(16)17-9-11(12)18-14(21)15(22)20-6-4-19(3)5-7-20/h8-10H,4-7H2,1-3H3. The number of pyridine rings is 1. The molecule has 0 bridgehead atoms. The minimum absolute atomic E-state index is 0.00845. The lowest BCUT2D eigenvalue weighted by Gasteiger charge is -2.32. The van der Waals surface area contributed by atoms with Crippen LogP contribution in [-0.4, -0.2) is 63.5 Å². The van der Waals surface area contributed by atoms with E-state index < -0.39 is 0 Å². The Hall–Kier alpha value is -1.47. The fourth-order valence-electron chi connectivity index (χ4n) is 2.80. The molecule has 3 rings (SSSR count). The topological polar surface area (TPSA) is 54.3 Å². The van der Waals surface area contributed by atoms with Gasteiger partial charge in [-0.25, -0.2) is 9.97 Å². The fraction of sp³-hybridized carbons (Fsp3) is 0.533. The normalized spacial score (nSPS) is 16.7. The molecule has 0 aromatic carbocycles. The van der Waals surface area contributed by atoms with E-state index in [-0.39, 0.29) is 11.9 Å². The van der Waals surface area contributed by atoms with E-state index in [1.807, 2.05) is 15.5 Å². The van der Waals surface area contributed by atoms with Crippen LogP contribution < -0.4 is 0 Å². The van der Waals surface area contributed by atoms with Gasteiger partial charge in [-0.2, -0.15) is 0 Å². The predicted molar refractivity (Wildman–Crippen MR) is 89.0 cm³/mol. The van der Waals surface area contributed by atoms with Crippen molar-refractivity contribution in [3.63, 3.8) is 0 Å². The zero-order valence-corrected chi connectivity index (χ0v) is 14.7. The number of piperazine rings is 1. The van der Waals surface area contributed by atoms with Gasteiger partial charge in [-0.1, -0.05) is 0 Å². The highest BCUT2D eigenvalue weighted by molar-refractivity contribution is 9.10. The van der Waals surface area contributed by atoms with E-state index in [1.54, 1.807) is 6.20 Å². The summed E-state index contributed by atoms with van der Waals surface area (Å²) in [4.78, 5) is 25.8. The molecule has 6 nitrogen and oxygen atoms in total. The van der Waals surface area contributed by atoms with Crippen LogP contribution in [-0.2, 0) is 0 Å². The Labute approximate surface area is 138 Å². The Kier molecular flexibility index (Phi) is 4.18. The quantitative estimate of drug-likeness (QED) is 0.765. The van der Waals surface area contributed by atoms with Crippen LogP contribution in [0.25, 0.3) is 11.0 Å². The lowest BCUT2D eigenvalue weighted by Crippen LogP contribution is -2.47. The number of likely N-dealkylation sites (N-methyl/N-ethyl adjacent to an activating group) is 1. The number of imidazole rings is 1. The molecule has 0 unspecified atom stereocenters. The molecule has 118 valence electrons. The van der Waals surface area contributed by atoms with Gasteiger partial charge in [0.25, 0.3) is 5.91 Å². The summed E-state index contributed by atoms with van der Waals surface area (Å²) < 4.78 is 2.75. The van der Waals surface area contributed by atoms with Gasteiger partial charge in [0, 0.05) is 32.2 Å². The van der Waals surface area contributed by atoms with Gasteiger partial charge in [0.1, 0.15) is 10.1 Å². The SMILES string of the molecule is CC(C)n1c(C(=O)N2CCN(C)CC2)nc2cnc(Br)cc21. The van der Waals surface area contributed by atoms with Crippen LogP contribution in [0.15, 0.2) is 16.9 Å². The van der Waals surface area contributed by atoms with E-state index in [0.29, 0.717) is 5.82 Å². The van der Waals surface area contributed by atoms with Crippen molar-refractivity contribution >= 4 is 32.9 Å². The molecule has 1 amide bonds. The van der Waals surface area contributed by atoms with Crippen molar-refractivity contribution in [2.45, 2.75) is 19.9 Å². The van der Waals surface area contributed by atoms with E-state index in [0.717, 1.165) is 41.8 Å². The van der Waals surface area contributed by atoms with Gasteiger partial charge >= 0.3 is 0 Å². The molecule has 22 heavy (non-hydrogen) atoms. The summed E-state index contributed by atoms with van der Waals surface area (Å²) in [6.45, 7) is 7.44. The molecule has 1 saturated heterocycles. The highest BCUT2D eigenvalue weighted by Gasteiger charge is 2.26. The Balaban J connectivity index is 2.02. The number of hydrogen-bond donors (Lipinski definition) is 0. The molecule has 7 heteroatoms. The van der Waals surface area contributed by atoms with E-state index in [1.165, 1.54) is 0 Å². The fourth-order valence-corrected chi connectivity index (χ4v) is 3.12. The van der Waals surface area contributed by atoms with E-state index >= 15 is 0 Å². The summed E-state index contributed by atoms with van der Waals surface area (Å²) in [5.74, 6) is 0.517. The number of rotatable bonds is 2. The molecule has 2 aromatic rings. The molecule has 2 aromatic heterocycles. The second-order valence-corrected chi connectivity index (χ2v) is 6.80. The Morgan fingerprint density at radius 2 is 1.95 bits per heavy atom. The largest absolute Gasteiger partial charge is 0.333 e. The molecule has 0 saturated carbocycles. The second-order valence-electron chi connectivity index (χ2n) is 5.99.